The summed E-state index contributed by atoms with van der Waals surface area (Å²) in [5.74, 6) is 0.115. The first-order valence-electron chi connectivity index (χ1n) is 4.65. The van der Waals surface area contributed by atoms with E-state index in [9.17, 15) is 13.6 Å². The lowest BCUT2D eigenvalue weighted by molar-refractivity contribution is -0.0504. The minimum absolute atomic E-state index is 0.115. The third-order valence-electron chi connectivity index (χ3n) is 1.88. The van der Waals surface area contributed by atoms with Gasteiger partial charge in [-0.2, -0.15) is 8.78 Å². The molecule has 0 fully saturated rings. The van der Waals surface area contributed by atoms with Crippen LogP contribution in [0.5, 0.6) is 5.75 Å². The summed E-state index contributed by atoms with van der Waals surface area (Å²) < 4.78 is 28.4. The van der Waals surface area contributed by atoms with Gasteiger partial charge in [0.15, 0.2) is 0 Å². The van der Waals surface area contributed by atoms with Crippen LogP contribution in [0.3, 0.4) is 0 Å². The second-order valence-corrected chi connectivity index (χ2v) is 3.03. The topological polar surface area (TPSA) is 64.4 Å². The van der Waals surface area contributed by atoms with Crippen molar-refractivity contribution >= 4 is 6.03 Å². The number of amides is 2. The first-order chi connectivity index (χ1) is 7.59. The number of rotatable bonds is 5. The van der Waals surface area contributed by atoms with E-state index in [0.29, 0.717) is 12.0 Å². The Morgan fingerprint density at radius 3 is 2.75 bits per heavy atom. The van der Waals surface area contributed by atoms with Crippen molar-refractivity contribution in [2.75, 3.05) is 6.54 Å². The van der Waals surface area contributed by atoms with E-state index in [0.717, 1.165) is 0 Å². The molecule has 88 valence electrons. The van der Waals surface area contributed by atoms with E-state index in [2.05, 4.69) is 10.1 Å². The van der Waals surface area contributed by atoms with Crippen molar-refractivity contribution in [2.24, 2.45) is 5.73 Å². The maximum atomic E-state index is 12.0. The molecular formula is C10H12F2N2O2. The van der Waals surface area contributed by atoms with Crippen LogP contribution in [0.1, 0.15) is 5.56 Å². The summed E-state index contributed by atoms with van der Waals surface area (Å²) in [7, 11) is 0. The van der Waals surface area contributed by atoms with Crippen LogP contribution >= 0.6 is 0 Å². The molecule has 0 saturated heterocycles. The second kappa shape index (κ2) is 5.89. The molecule has 0 spiro atoms. The van der Waals surface area contributed by atoms with Gasteiger partial charge in [0.25, 0.3) is 0 Å². The molecule has 1 rings (SSSR count). The summed E-state index contributed by atoms with van der Waals surface area (Å²) in [5, 5.41) is 2.37. The number of hydrogen-bond acceptors (Lipinski definition) is 2. The normalized spacial score (nSPS) is 10.2. The van der Waals surface area contributed by atoms with E-state index >= 15 is 0 Å². The van der Waals surface area contributed by atoms with Crippen molar-refractivity contribution in [2.45, 2.75) is 13.0 Å². The number of carbonyl (C=O) groups is 1. The summed E-state index contributed by atoms with van der Waals surface area (Å²) in [5.41, 5.74) is 5.47. The molecule has 2 amide bonds. The fourth-order valence-electron chi connectivity index (χ4n) is 1.24. The summed E-state index contributed by atoms with van der Waals surface area (Å²) >= 11 is 0. The van der Waals surface area contributed by atoms with Crippen molar-refractivity contribution in [3.8, 4) is 5.75 Å². The lowest BCUT2D eigenvalue weighted by Crippen LogP contribution is -2.31. The van der Waals surface area contributed by atoms with Gasteiger partial charge in [0.2, 0.25) is 0 Å². The second-order valence-electron chi connectivity index (χ2n) is 3.03. The molecule has 16 heavy (non-hydrogen) atoms. The lowest BCUT2D eigenvalue weighted by atomic mass is 10.1. The molecule has 6 heteroatoms. The van der Waals surface area contributed by atoms with Crippen LogP contribution in [0.15, 0.2) is 24.3 Å². The van der Waals surface area contributed by atoms with Gasteiger partial charge in [-0.1, -0.05) is 18.2 Å². The van der Waals surface area contributed by atoms with Gasteiger partial charge in [0.1, 0.15) is 5.75 Å². The van der Waals surface area contributed by atoms with Crippen molar-refractivity contribution in [1.29, 1.82) is 0 Å². The summed E-state index contributed by atoms with van der Waals surface area (Å²) in [6, 6.07) is 5.76. The molecule has 0 heterocycles. The van der Waals surface area contributed by atoms with Crippen LogP contribution in [-0.2, 0) is 6.42 Å². The molecule has 0 aromatic heterocycles. The Bertz CT molecular complexity index is 358. The summed E-state index contributed by atoms with van der Waals surface area (Å²) in [4.78, 5) is 10.4. The lowest BCUT2D eigenvalue weighted by Gasteiger charge is -2.10. The van der Waals surface area contributed by atoms with E-state index in [1.165, 1.54) is 6.07 Å². The van der Waals surface area contributed by atoms with Gasteiger partial charge in [-0.3, -0.25) is 0 Å². The first-order valence-corrected chi connectivity index (χ1v) is 4.65. The maximum Gasteiger partial charge on any atom is 0.387 e. The van der Waals surface area contributed by atoms with Gasteiger partial charge in [-0.05, 0) is 18.1 Å². The number of primary amides is 1. The highest BCUT2D eigenvalue weighted by Crippen LogP contribution is 2.20. The number of ether oxygens (including phenoxy) is 1. The molecule has 0 atom stereocenters. The van der Waals surface area contributed by atoms with Gasteiger partial charge < -0.3 is 15.8 Å². The largest absolute Gasteiger partial charge is 0.435 e. The Morgan fingerprint density at radius 2 is 2.12 bits per heavy atom. The highest BCUT2D eigenvalue weighted by atomic mass is 19.3. The van der Waals surface area contributed by atoms with E-state index in [1.54, 1.807) is 18.2 Å². The Kier molecular flexibility index (Phi) is 4.50. The fourth-order valence-corrected chi connectivity index (χ4v) is 1.24. The quantitative estimate of drug-likeness (QED) is 0.805. The zero-order valence-electron chi connectivity index (χ0n) is 8.45. The Hall–Kier alpha value is -1.85. The molecule has 0 aliphatic carbocycles. The summed E-state index contributed by atoms with van der Waals surface area (Å²) in [6.07, 6.45) is 0.381. The van der Waals surface area contributed by atoms with Crippen LogP contribution < -0.4 is 15.8 Å². The number of para-hydroxylation sites is 1. The standard InChI is InChI=1S/C10H12F2N2O2/c11-9(12)16-8-4-2-1-3-7(8)5-6-14-10(13)15/h1-4,9H,5-6H2,(H3,13,14,15). The zero-order valence-corrected chi connectivity index (χ0v) is 8.45. The monoisotopic (exact) mass is 230 g/mol. The molecule has 0 aliphatic heterocycles. The number of nitrogens with two attached hydrogens (primary N) is 1. The highest BCUT2D eigenvalue weighted by molar-refractivity contribution is 5.71. The van der Waals surface area contributed by atoms with Crippen LogP contribution in [-0.4, -0.2) is 19.2 Å². The predicted octanol–water partition coefficient (Wildman–Crippen LogP) is 1.50. The van der Waals surface area contributed by atoms with Crippen molar-refractivity contribution in [3.05, 3.63) is 29.8 Å². The zero-order chi connectivity index (χ0) is 12.0. The number of hydrogen-bond donors (Lipinski definition) is 2. The van der Waals surface area contributed by atoms with Crippen LogP contribution in [0, 0.1) is 0 Å². The van der Waals surface area contributed by atoms with Crippen molar-refractivity contribution in [1.82, 2.24) is 5.32 Å². The Balaban J connectivity index is 2.60. The van der Waals surface area contributed by atoms with Crippen LogP contribution in [0.25, 0.3) is 0 Å². The molecule has 0 saturated carbocycles. The highest BCUT2D eigenvalue weighted by Gasteiger charge is 2.08. The first kappa shape index (κ1) is 12.2. The van der Waals surface area contributed by atoms with Crippen LogP contribution in [0.4, 0.5) is 13.6 Å². The van der Waals surface area contributed by atoms with E-state index in [-0.39, 0.29) is 12.3 Å². The SMILES string of the molecule is NC(=O)NCCc1ccccc1OC(F)F. The molecule has 0 bridgehead atoms. The van der Waals surface area contributed by atoms with E-state index < -0.39 is 12.6 Å². The van der Waals surface area contributed by atoms with E-state index in [1.807, 2.05) is 0 Å². The number of alkyl halides is 2. The molecule has 4 nitrogen and oxygen atoms in total. The van der Waals surface area contributed by atoms with Gasteiger partial charge in [0, 0.05) is 6.54 Å². The maximum absolute atomic E-state index is 12.0. The minimum atomic E-state index is -2.86. The average Bonchev–Trinajstić information content (AvgIpc) is 2.19. The number of nitrogens with one attached hydrogen (secondary N) is 1. The van der Waals surface area contributed by atoms with Gasteiger partial charge in [-0.25, -0.2) is 4.79 Å². The van der Waals surface area contributed by atoms with Gasteiger partial charge >= 0.3 is 12.6 Å². The predicted molar refractivity (Wildman–Crippen MR) is 54.4 cm³/mol. The fraction of sp³-hybridized carbons (Fsp3) is 0.300. The third kappa shape index (κ3) is 4.12. The summed E-state index contributed by atoms with van der Waals surface area (Å²) in [6.45, 7) is -2.58. The Morgan fingerprint density at radius 1 is 1.44 bits per heavy atom. The van der Waals surface area contributed by atoms with Gasteiger partial charge in [-0.15, -0.1) is 0 Å². The molecule has 1 aromatic carbocycles. The van der Waals surface area contributed by atoms with E-state index in [4.69, 9.17) is 5.73 Å². The number of halogens is 2. The number of benzene rings is 1. The molecule has 0 radical (unpaired) electrons. The Labute approximate surface area is 91.4 Å². The third-order valence-corrected chi connectivity index (χ3v) is 1.88. The molecule has 0 unspecified atom stereocenters. The minimum Gasteiger partial charge on any atom is -0.435 e. The molecule has 3 N–H and O–H groups in total. The number of carbonyl (C=O) groups excluding carboxylic acids is 1. The molecular weight excluding hydrogens is 218 g/mol. The molecule has 1 aromatic rings. The number of urea groups is 1. The van der Waals surface area contributed by atoms with Crippen molar-refractivity contribution < 1.29 is 18.3 Å². The van der Waals surface area contributed by atoms with Crippen molar-refractivity contribution in [3.63, 3.8) is 0 Å². The van der Waals surface area contributed by atoms with Crippen LogP contribution in [0.2, 0.25) is 0 Å². The molecule has 0 aliphatic rings. The van der Waals surface area contributed by atoms with Gasteiger partial charge in [0.05, 0.1) is 0 Å². The average molecular weight is 230 g/mol. The smallest absolute Gasteiger partial charge is 0.387 e.